The molecule has 0 aliphatic carbocycles. The fourth-order valence-corrected chi connectivity index (χ4v) is 3.79. The van der Waals surface area contributed by atoms with Crippen molar-refractivity contribution >= 4 is 27.6 Å². The van der Waals surface area contributed by atoms with Gasteiger partial charge in [0.25, 0.3) is 0 Å². The number of nitrogens with one attached hydrogen (secondary N) is 1. The molecule has 0 unspecified atom stereocenters. The Hall–Kier alpha value is -1.15. The van der Waals surface area contributed by atoms with Crippen molar-refractivity contribution in [2.45, 2.75) is 4.90 Å². The van der Waals surface area contributed by atoms with Crippen LogP contribution in [0.15, 0.2) is 23.1 Å². The summed E-state index contributed by atoms with van der Waals surface area (Å²) in [6, 6.07) is 4.00. The van der Waals surface area contributed by atoms with E-state index in [4.69, 9.17) is 11.6 Å². The maximum Gasteiger partial charge on any atom is 0.337 e. The van der Waals surface area contributed by atoms with Gasteiger partial charge in [0.2, 0.25) is 10.0 Å². The van der Waals surface area contributed by atoms with Gasteiger partial charge in [-0.3, -0.25) is 0 Å². The topological polar surface area (TPSA) is 75.7 Å². The van der Waals surface area contributed by atoms with E-state index in [0.29, 0.717) is 26.2 Å². The number of sulfonamides is 1. The first-order valence-electron chi connectivity index (χ1n) is 6.05. The second-order valence-corrected chi connectivity index (χ2v) is 6.70. The highest BCUT2D eigenvalue weighted by Gasteiger charge is 2.27. The smallest absolute Gasteiger partial charge is 0.337 e. The van der Waals surface area contributed by atoms with Crippen LogP contribution in [-0.4, -0.2) is 52.0 Å². The largest absolute Gasteiger partial charge is 0.465 e. The summed E-state index contributed by atoms with van der Waals surface area (Å²) in [5.74, 6) is -0.621. The van der Waals surface area contributed by atoms with Gasteiger partial charge >= 0.3 is 5.97 Å². The van der Waals surface area contributed by atoms with Crippen LogP contribution in [0.4, 0.5) is 0 Å². The van der Waals surface area contributed by atoms with Gasteiger partial charge in [-0.2, -0.15) is 4.31 Å². The summed E-state index contributed by atoms with van der Waals surface area (Å²) in [6.45, 7) is 1.98. The van der Waals surface area contributed by atoms with Crippen LogP contribution in [-0.2, 0) is 14.8 Å². The quantitative estimate of drug-likeness (QED) is 0.831. The summed E-state index contributed by atoms with van der Waals surface area (Å²) in [6.07, 6.45) is 0. The van der Waals surface area contributed by atoms with Crippen molar-refractivity contribution in [2.24, 2.45) is 0 Å². The van der Waals surface area contributed by atoms with Gasteiger partial charge in [0.1, 0.15) is 0 Å². The van der Waals surface area contributed by atoms with Crippen LogP contribution in [0.3, 0.4) is 0 Å². The molecule has 0 amide bonds. The number of hydrogen-bond donors (Lipinski definition) is 1. The highest BCUT2D eigenvalue weighted by atomic mass is 35.5. The van der Waals surface area contributed by atoms with E-state index in [1.807, 2.05) is 0 Å². The Bertz CT molecular complexity index is 612. The lowest BCUT2D eigenvalue weighted by Crippen LogP contribution is -2.46. The number of carbonyl (C=O) groups excluding carboxylic acids is 1. The average Bonchev–Trinajstić information content (AvgIpc) is 2.46. The van der Waals surface area contributed by atoms with Gasteiger partial charge in [0.15, 0.2) is 0 Å². The van der Waals surface area contributed by atoms with Gasteiger partial charge in [-0.25, -0.2) is 13.2 Å². The Morgan fingerprint density at radius 3 is 2.55 bits per heavy atom. The number of nitrogens with zero attached hydrogens (tertiary/aromatic N) is 1. The third-order valence-electron chi connectivity index (χ3n) is 3.01. The van der Waals surface area contributed by atoms with E-state index in [-0.39, 0.29) is 15.5 Å². The predicted molar refractivity (Wildman–Crippen MR) is 74.4 cm³/mol. The molecule has 1 aliphatic rings. The fraction of sp³-hybridized carbons (Fsp3) is 0.417. The number of rotatable bonds is 3. The van der Waals surface area contributed by atoms with Crippen LogP contribution in [0.25, 0.3) is 0 Å². The standard InChI is InChI=1S/C12H15ClN2O4S/c1-19-12(16)9-6-10(13)8-11(7-9)20(17,18)15-4-2-14-3-5-15/h6-8,14H,2-5H2,1H3. The molecule has 1 saturated heterocycles. The number of piperazine rings is 1. The van der Waals surface area contributed by atoms with Crippen molar-refractivity contribution in [3.63, 3.8) is 0 Å². The molecule has 1 heterocycles. The Kier molecular flexibility index (Phi) is 4.64. The van der Waals surface area contributed by atoms with E-state index in [0.717, 1.165) is 0 Å². The third-order valence-corrected chi connectivity index (χ3v) is 5.10. The first-order chi connectivity index (χ1) is 9.45. The molecule has 0 atom stereocenters. The van der Waals surface area contributed by atoms with E-state index < -0.39 is 16.0 Å². The second-order valence-electron chi connectivity index (χ2n) is 4.32. The number of hydrogen-bond acceptors (Lipinski definition) is 5. The summed E-state index contributed by atoms with van der Waals surface area (Å²) in [5, 5.41) is 3.26. The molecular weight excluding hydrogens is 304 g/mol. The van der Waals surface area contributed by atoms with Crippen molar-refractivity contribution in [1.29, 1.82) is 0 Å². The fourth-order valence-electron chi connectivity index (χ4n) is 1.98. The van der Waals surface area contributed by atoms with Crippen LogP contribution >= 0.6 is 11.6 Å². The van der Waals surface area contributed by atoms with Crippen molar-refractivity contribution in [1.82, 2.24) is 9.62 Å². The van der Waals surface area contributed by atoms with E-state index in [2.05, 4.69) is 10.1 Å². The van der Waals surface area contributed by atoms with Gasteiger partial charge in [0, 0.05) is 31.2 Å². The summed E-state index contributed by atoms with van der Waals surface area (Å²) in [7, 11) is -2.42. The molecule has 1 aromatic carbocycles. The lowest BCUT2D eigenvalue weighted by atomic mass is 10.2. The maximum absolute atomic E-state index is 12.5. The van der Waals surface area contributed by atoms with Gasteiger partial charge < -0.3 is 10.1 Å². The van der Waals surface area contributed by atoms with Crippen LogP contribution in [0.2, 0.25) is 5.02 Å². The zero-order chi connectivity index (χ0) is 14.8. The normalized spacial score (nSPS) is 16.9. The van der Waals surface area contributed by atoms with Crippen LogP contribution in [0, 0.1) is 0 Å². The minimum atomic E-state index is -3.65. The Morgan fingerprint density at radius 1 is 1.30 bits per heavy atom. The van der Waals surface area contributed by atoms with Gasteiger partial charge in [0.05, 0.1) is 17.6 Å². The lowest BCUT2D eigenvalue weighted by Gasteiger charge is -2.26. The Labute approximate surface area is 122 Å². The Morgan fingerprint density at radius 2 is 1.95 bits per heavy atom. The van der Waals surface area contributed by atoms with Gasteiger partial charge in [-0.15, -0.1) is 0 Å². The molecule has 0 radical (unpaired) electrons. The highest BCUT2D eigenvalue weighted by Crippen LogP contribution is 2.23. The van der Waals surface area contributed by atoms with E-state index >= 15 is 0 Å². The average molecular weight is 319 g/mol. The first kappa shape index (κ1) is 15.2. The number of carbonyl (C=O) groups is 1. The molecular formula is C12H15ClN2O4S. The minimum absolute atomic E-state index is 0.00676. The summed E-state index contributed by atoms with van der Waals surface area (Å²) in [4.78, 5) is 11.5. The van der Waals surface area contributed by atoms with Crippen LogP contribution in [0.1, 0.15) is 10.4 Å². The van der Waals surface area contributed by atoms with Crippen LogP contribution < -0.4 is 5.32 Å². The van der Waals surface area contributed by atoms with E-state index in [9.17, 15) is 13.2 Å². The number of esters is 1. The Balaban J connectivity index is 2.40. The molecule has 110 valence electrons. The second kappa shape index (κ2) is 6.09. The molecule has 1 aromatic rings. The lowest BCUT2D eigenvalue weighted by molar-refractivity contribution is 0.0600. The number of halogens is 1. The summed E-state index contributed by atoms with van der Waals surface area (Å²) >= 11 is 5.89. The highest BCUT2D eigenvalue weighted by molar-refractivity contribution is 7.89. The van der Waals surface area contributed by atoms with Crippen LogP contribution in [0.5, 0.6) is 0 Å². The number of methoxy groups -OCH3 is 1. The zero-order valence-electron chi connectivity index (χ0n) is 10.9. The van der Waals surface area contributed by atoms with Crippen molar-refractivity contribution in [3.8, 4) is 0 Å². The molecule has 20 heavy (non-hydrogen) atoms. The minimum Gasteiger partial charge on any atom is -0.465 e. The molecule has 0 bridgehead atoms. The predicted octanol–water partition coefficient (Wildman–Crippen LogP) is 0.720. The summed E-state index contributed by atoms with van der Waals surface area (Å²) in [5.41, 5.74) is 0.119. The van der Waals surface area contributed by atoms with Gasteiger partial charge in [-0.05, 0) is 18.2 Å². The molecule has 6 nitrogen and oxygen atoms in total. The van der Waals surface area contributed by atoms with Crippen molar-refractivity contribution < 1.29 is 17.9 Å². The number of ether oxygens (including phenoxy) is 1. The van der Waals surface area contributed by atoms with E-state index in [1.165, 1.54) is 29.6 Å². The first-order valence-corrected chi connectivity index (χ1v) is 7.87. The zero-order valence-corrected chi connectivity index (χ0v) is 12.5. The summed E-state index contributed by atoms with van der Waals surface area (Å²) < 4.78 is 30.9. The van der Waals surface area contributed by atoms with Crippen molar-refractivity contribution in [3.05, 3.63) is 28.8 Å². The maximum atomic E-state index is 12.5. The molecule has 0 saturated carbocycles. The molecule has 2 rings (SSSR count). The molecule has 8 heteroatoms. The monoisotopic (exact) mass is 318 g/mol. The molecule has 1 N–H and O–H groups in total. The molecule has 0 spiro atoms. The van der Waals surface area contributed by atoms with Gasteiger partial charge in [-0.1, -0.05) is 11.6 Å². The SMILES string of the molecule is COC(=O)c1cc(Cl)cc(S(=O)(=O)N2CCNCC2)c1. The number of benzene rings is 1. The third kappa shape index (κ3) is 3.12. The molecule has 0 aromatic heterocycles. The van der Waals surface area contributed by atoms with E-state index in [1.54, 1.807) is 0 Å². The molecule has 1 aliphatic heterocycles. The van der Waals surface area contributed by atoms with Crippen molar-refractivity contribution in [2.75, 3.05) is 33.3 Å². The molecule has 1 fully saturated rings.